The van der Waals surface area contributed by atoms with Gasteiger partial charge in [0.25, 0.3) is 0 Å². The van der Waals surface area contributed by atoms with E-state index in [4.69, 9.17) is 11.6 Å². The second-order valence-electron chi connectivity index (χ2n) is 6.20. The van der Waals surface area contributed by atoms with Gasteiger partial charge in [0, 0.05) is 29.1 Å². The molecule has 1 aromatic rings. The first-order valence-corrected chi connectivity index (χ1v) is 8.01. The summed E-state index contributed by atoms with van der Waals surface area (Å²) in [5.41, 5.74) is 3.02. The van der Waals surface area contributed by atoms with Gasteiger partial charge in [-0.1, -0.05) is 54.4 Å². The summed E-state index contributed by atoms with van der Waals surface area (Å²) in [6.45, 7) is 9.30. The summed E-state index contributed by atoms with van der Waals surface area (Å²) < 4.78 is 0. The second-order valence-corrected chi connectivity index (χ2v) is 7.20. The molecule has 0 saturated carbocycles. The molecule has 0 radical (unpaired) electrons. The molecule has 1 unspecified atom stereocenters. The fourth-order valence-corrected chi connectivity index (χ4v) is 3.27. The zero-order valence-electron chi connectivity index (χ0n) is 11.3. The molecule has 0 amide bonds. The van der Waals surface area contributed by atoms with E-state index in [0.29, 0.717) is 5.41 Å². The monoisotopic (exact) mass is 329 g/mol. The van der Waals surface area contributed by atoms with Crippen LogP contribution < -0.4 is 4.90 Å². The Morgan fingerprint density at radius 1 is 1.39 bits per heavy atom. The standard InChI is InChI=1S/C15H21BrClN/c1-15(2,3)12-6-7-18(10-12)14-8-13(17)5-4-11(14)9-16/h4-5,8,12H,6-7,9-10H2,1-3H3. The Hall–Kier alpha value is -0.210. The first-order valence-electron chi connectivity index (χ1n) is 6.51. The zero-order chi connectivity index (χ0) is 13.3. The van der Waals surface area contributed by atoms with E-state index >= 15 is 0 Å². The van der Waals surface area contributed by atoms with Crippen molar-refractivity contribution >= 4 is 33.2 Å². The number of halogens is 2. The minimum atomic E-state index is 0.391. The molecule has 1 aliphatic heterocycles. The summed E-state index contributed by atoms with van der Waals surface area (Å²) in [6.07, 6.45) is 1.28. The van der Waals surface area contributed by atoms with E-state index in [1.165, 1.54) is 17.7 Å². The molecule has 3 heteroatoms. The Bertz CT molecular complexity index is 425. The van der Waals surface area contributed by atoms with Crippen LogP contribution in [0.1, 0.15) is 32.8 Å². The Morgan fingerprint density at radius 3 is 2.67 bits per heavy atom. The molecule has 2 rings (SSSR count). The summed E-state index contributed by atoms with van der Waals surface area (Å²) in [6, 6.07) is 6.19. The van der Waals surface area contributed by atoms with Crippen LogP contribution in [0.5, 0.6) is 0 Å². The quantitative estimate of drug-likeness (QED) is 0.681. The Balaban J connectivity index is 2.21. The highest BCUT2D eigenvalue weighted by molar-refractivity contribution is 9.08. The van der Waals surface area contributed by atoms with Crippen molar-refractivity contribution < 1.29 is 0 Å². The van der Waals surface area contributed by atoms with E-state index in [2.05, 4.69) is 53.7 Å². The topological polar surface area (TPSA) is 3.24 Å². The van der Waals surface area contributed by atoms with Crippen LogP contribution in [0.4, 0.5) is 5.69 Å². The molecule has 1 heterocycles. The van der Waals surface area contributed by atoms with E-state index < -0.39 is 0 Å². The Morgan fingerprint density at radius 2 is 2.11 bits per heavy atom. The molecule has 1 atom stereocenters. The van der Waals surface area contributed by atoms with Crippen molar-refractivity contribution in [2.75, 3.05) is 18.0 Å². The molecule has 0 aromatic heterocycles. The van der Waals surface area contributed by atoms with Gasteiger partial charge in [0.1, 0.15) is 0 Å². The number of hydrogen-bond donors (Lipinski definition) is 0. The molecule has 1 aliphatic rings. The van der Waals surface area contributed by atoms with E-state index in [-0.39, 0.29) is 0 Å². The predicted octanol–water partition coefficient (Wildman–Crippen LogP) is 5.11. The van der Waals surface area contributed by atoms with Crippen LogP contribution in [0.2, 0.25) is 5.02 Å². The van der Waals surface area contributed by atoms with Gasteiger partial charge in [-0.15, -0.1) is 0 Å². The van der Waals surface area contributed by atoms with E-state index in [9.17, 15) is 0 Å². The number of nitrogens with zero attached hydrogens (tertiary/aromatic N) is 1. The van der Waals surface area contributed by atoms with Crippen molar-refractivity contribution in [1.29, 1.82) is 0 Å². The van der Waals surface area contributed by atoms with Crippen LogP contribution in [0.15, 0.2) is 18.2 Å². The largest absolute Gasteiger partial charge is 0.371 e. The van der Waals surface area contributed by atoms with Crippen molar-refractivity contribution in [3.63, 3.8) is 0 Å². The normalized spacial score (nSPS) is 20.5. The average molecular weight is 331 g/mol. The summed E-state index contributed by atoms with van der Waals surface area (Å²) in [7, 11) is 0. The van der Waals surface area contributed by atoms with Crippen LogP contribution in [0.25, 0.3) is 0 Å². The second kappa shape index (κ2) is 5.42. The molecular weight excluding hydrogens is 310 g/mol. The molecule has 1 aromatic carbocycles. The lowest BCUT2D eigenvalue weighted by Crippen LogP contribution is -2.26. The minimum Gasteiger partial charge on any atom is -0.371 e. The van der Waals surface area contributed by atoms with Crippen LogP contribution >= 0.6 is 27.5 Å². The molecule has 100 valence electrons. The highest BCUT2D eigenvalue weighted by Gasteiger charge is 2.32. The first kappa shape index (κ1) is 14.2. The molecule has 0 N–H and O–H groups in total. The molecule has 0 bridgehead atoms. The van der Waals surface area contributed by atoms with Gasteiger partial charge in [-0.2, -0.15) is 0 Å². The number of alkyl halides is 1. The maximum atomic E-state index is 6.14. The SMILES string of the molecule is CC(C)(C)C1CCN(c2cc(Cl)ccc2CBr)C1. The lowest BCUT2D eigenvalue weighted by atomic mass is 9.80. The van der Waals surface area contributed by atoms with Gasteiger partial charge in [0.15, 0.2) is 0 Å². The molecule has 0 aliphatic carbocycles. The van der Waals surface area contributed by atoms with Crippen molar-refractivity contribution in [3.8, 4) is 0 Å². The van der Waals surface area contributed by atoms with Gasteiger partial charge in [0.2, 0.25) is 0 Å². The van der Waals surface area contributed by atoms with E-state index in [1.807, 2.05) is 6.07 Å². The van der Waals surface area contributed by atoms with Crippen molar-refractivity contribution in [2.45, 2.75) is 32.5 Å². The van der Waals surface area contributed by atoms with E-state index in [1.54, 1.807) is 0 Å². The van der Waals surface area contributed by atoms with Gasteiger partial charge in [-0.3, -0.25) is 0 Å². The number of rotatable bonds is 2. The van der Waals surface area contributed by atoms with Gasteiger partial charge in [-0.05, 0) is 35.4 Å². The maximum Gasteiger partial charge on any atom is 0.0426 e. The first-order chi connectivity index (χ1) is 8.41. The third-order valence-corrected chi connectivity index (χ3v) is 4.78. The molecular formula is C15H21BrClN. The maximum absolute atomic E-state index is 6.14. The van der Waals surface area contributed by atoms with Crippen LogP contribution in [-0.4, -0.2) is 13.1 Å². The van der Waals surface area contributed by atoms with Gasteiger partial charge < -0.3 is 4.90 Å². The van der Waals surface area contributed by atoms with E-state index in [0.717, 1.165) is 29.4 Å². The molecule has 1 nitrogen and oxygen atoms in total. The third kappa shape index (κ3) is 3.03. The minimum absolute atomic E-state index is 0.391. The number of benzene rings is 1. The van der Waals surface area contributed by atoms with Crippen LogP contribution in [0.3, 0.4) is 0 Å². The smallest absolute Gasteiger partial charge is 0.0426 e. The zero-order valence-corrected chi connectivity index (χ0v) is 13.7. The average Bonchev–Trinajstić information content (AvgIpc) is 2.77. The van der Waals surface area contributed by atoms with Gasteiger partial charge in [0.05, 0.1) is 0 Å². The number of hydrogen-bond acceptors (Lipinski definition) is 1. The third-order valence-electron chi connectivity index (χ3n) is 3.94. The molecule has 18 heavy (non-hydrogen) atoms. The molecule has 1 fully saturated rings. The predicted molar refractivity (Wildman–Crippen MR) is 83.9 cm³/mol. The lowest BCUT2D eigenvalue weighted by molar-refractivity contribution is 0.263. The van der Waals surface area contributed by atoms with Gasteiger partial charge in [-0.25, -0.2) is 0 Å². The Labute approximate surface area is 124 Å². The van der Waals surface area contributed by atoms with Crippen molar-refractivity contribution in [1.82, 2.24) is 0 Å². The van der Waals surface area contributed by atoms with Crippen molar-refractivity contribution in [3.05, 3.63) is 28.8 Å². The van der Waals surface area contributed by atoms with Crippen LogP contribution in [0, 0.1) is 11.3 Å². The summed E-state index contributed by atoms with van der Waals surface area (Å²) in [4.78, 5) is 2.48. The molecule has 1 saturated heterocycles. The highest BCUT2D eigenvalue weighted by Crippen LogP contribution is 2.37. The summed E-state index contributed by atoms with van der Waals surface area (Å²) in [5.74, 6) is 0.764. The summed E-state index contributed by atoms with van der Waals surface area (Å²) >= 11 is 9.70. The van der Waals surface area contributed by atoms with Crippen molar-refractivity contribution in [2.24, 2.45) is 11.3 Å². The Kier molecular flexibility index (Phi) is 4.28. The fourth-order valence-electron chi connectivity index (χ4n) is 2.63. The van der Waals surface area contributed by atoms with Crippen LogP contribution in [-0.2, 0) is 5.33 Å². The number of anilines is 1. The molecule has 0 spiro atoms. The fraction of sp³-hybridized carbons (Fsp3) is 0.600. The van der Waals surface area contributed by atoms with Gasteiger partial charge >= 0.3 is 0 Å². The lowest BCUT2D eigenvalue weighted by Gasteiger charge is -2.28. The highest BCUT2D eigenvalue weighted by atomic mass is 79.9. The summed E-state index contributed by atoms with van der Waals surface area (Å²) in [5, 5.41) is 1.71.